The van der Waals surface area contributed by atoms with Crippen LogP contribution in [0.4, 0.5) is 4.39 Å². The highest BCUT2D eigenvalue weighted by atomic mass is 19.1. The second-order valence-corrected chi connectivity index (χ2v) is 4.34. The Bertz CT molecular complexity index is 723. The predicted octanol–water partition coefficient (Wildman–Crippen LogP) is 3.69. The molecular weight excluding hydrogens is 255 g/mol. The largest absolute Gasteiger partial charge is 0.493 e. The molecule has 0 N–H and O–H groups in total. The molecule has 0 amide bonds. The van der Waals surface area contributed by atoms with E-state index < -0.39 is 0 Å². The molecule has 1 aromatic heterocycles. The van der Waals surface area contributed by atoms with Crippen molar-refractivity contribution >= 4 is 0 Å². The summed E-state index contributed by atoms with van der Waals surface area (Å²) in [7, 11) is 1.47. The van der Waals surface area contributed by atoms with Gasteiger partial charge in [0.1, 0.15) is 0 Å². The molecule has 0 spiro atoms. The number of nitrogens with zero attached hydrogens (tertiary/aromatic N) is 2. The second kappa shape index (κ2) is 5.17. The third-order valence-corrected chi connectivity index (χ3v) is 3.13. The molecular formula is C16H13FN2O. The van der Waals surface area contributed by atoms with E-state index in [1.54, 1.807) is 18.6 Å². The smallest absolute Gasteiger partial charge is 0.165 e. The number of imidazole rings is 1. The normalized spacial score (nSPS) is 10.5. The van der Waals surface area contributed by atoms with Crippen molar-refractivity contribution in [2.45, 2.75) is 0 Å². The first kappa shape index (κ1) is 12.4. The van der Waals surface area contributed by atoms with Crippen molar-refractivity contribution in [3.63, 3.8) is 0 Å². The van der Waals surface area contributed by atoms with E-state index in [1.807, 2.05) is 41.1 Å². The number of para-hydroxylation sites is 1. The highest BCUT2D eigenvalue weighted by molar-refractivity contribution is 5.72. The molecule has 2 aromatic carbocycles. The summed E-state index contributed by atoms with van der Waals surface area (Å²) in [6.07, 6.45) is 5.30. The van der Waals surface area contributed by atoms with E-state index in [9.17, 15) is 4.39 Å². The van der Waals surface area contributed by atoms with Gasteiger partial charge in [-0.15, -0.1) is 0 Å². The first-order chi connectivity index (χ1) is 9.79. The zero-order valence-corrected chi connectivity index (χ0v) is 11.0. The van der Waals surface area contributed by atoms with E-state index in [-0.39, 0.29) is 11.6 Å². The summed E-state index contributed by atoms with van der Waals surface area (Å²) in [5, 5.41) is 0. The number of benzene rings is 2. The average molecular weight is 268 g/mol. The SMILES string of the molecule is COc1c(F)cccc1-c1cccc(-n2ccnc2)c1. The molecule has 1 heterocycles. The Balaban J connectivity index is 2.12. The number of aromatic nitrogens is 2. The Morgan fingerprint density at radius 3 is 2.75 bits per heavy atom. The Labute approximate surface area is 116 Å². The lowest BCUT2D eigenvalue weighted by Gasteiger charge is -2.11. The molecule has 0 fully saturated rings. The van der Waals surface area contributed by atoms with E-state index in [4.69, 9.17) is 4.74 Å². The lowest BCUT2D eigenvalue weighted by molar-refractivity contribution is 0.388. The molecule has 0 unspecified atom stereocenters. The second-order valence-electron chi connectivity index (χ2n) is 4.34. The third-order valence-electron chi connectivity index (χ3n) is 3.13. The molecule has 20 heavy (non-hydrogen) atoms. The highest BCUT2D eigenvalue weighted by Gasteiger charge is 2.11. The van der Waals surface area contributed by atoms with Crippen LogP contribution in [0.2, 0.25) is 0 Å². The summed E-state index contributed by atoms with van der Waals surface area (Å²) < 4.78 is 20.8. The van der Waals surface area contributed by atoms with Gasteiger partial charge >= 0.3 is 0 Å². The van der Waals surface area contributed by atoms with Gasteiger partial charge in [-0.05, 0) is 23.8 Å². The first-order valence-electron chi connectivity index (χ1n) is 6.21. The van der Waals surface area contributed by atoms with Gasteiger partial charge in [0.15, 0.2) is 11.6 Å². The number of hydrogen-bond acceptors (Lipinski definition) is 2. The average Bonchev–Trinajstić information content (AvgIpc) is 3.01. The van der Waals surface area contributed by atoms with Gasteiger partial charge in [0.25, 0.3) is 0 Å². The molecule has 0 aliphatic rings. The maximum Gasteiger partial charge on any atom is 0.165 e. The van der Waals surface area contributed by atoms with Crippen molar-refractivity contribution in [3.8, 4) is 22.6 Å². The molecule has 0 saturated carbocycles. The monoisotopic (exact) mass is 268 g/mol. The molecule has 3 nitrogen and oxygen atoms in total. The van der Waals surface area contributed by atoms with Crippen LogP contribution in [0.15, 0.2) is 61.2 Å². The lowest BCUT2D eigenvalue weighted by atomic mass is 10.0. The van der Waals surface area contributed by atoms with Gasteiger partial charge < -0.3 is 9.30 Å². The van der Waals surface area contributed by atoms with Crippen molar-refractivity contribution in [2.75, 3.05) is 7.11 Å². The summed E-state index contributed by atoms with van der Waals surface area (Å²) >= 11 is 0. The van der Waals surface area contributed by atoms with Gasteiger partial charge in [0.2, 0.25) is 0 Å². The Morgan fingerprint density at radius 2 is 2.00 bits per heavy atom. The molecule has 0 aliphatic carbocycles. The zero-order valence-electron chi connectivity index (χ0n) is 11.0. The fourth-order valence-electron chi connectivity index (χ4n) is 2.19. The van der Waals surface area contributed by atoms with Crippen molar-refractivity contribution in [3.05, 3.63) is 67.0 Å². The van der Waals surface area contributed by atoms with Gasteiger partial charge in [-0.2, -0.15) is 0 Å². The third kappa shape index (κ3) is 2.16. The molecule has 0 radical (unpaired) electrons. The lowest BCUT2D eigenvalue weighted by Crippen LogP contribution is -1.94. The van der Waals surface area contributed by atoms with E-state index in [1.165, 1.54) is 13.2 Å². The van der Waals surface area contributed by atoms with Gasteiger partial charge in [0, 0.05) is 23.6 Å². The van der Waals surface area contributed by atoms with Crippen LogP contribution >= 0.6 is 0 Å². The van der Waals surface area contributed by atoms with E-state index in [2.05, 4.69) is 4.98 Å². The van der Waals surface area contributed by atoms with E-state index >= 15 is 0 Å². The van der Waals surface area contributed by atoms with Crippen LogP contribution in [-0.4, -0.2) is 16.7 Å². The zero-order chi connectivity index (χ0) is 13.9. The molecule has 3 aromatic rings. The van der Waals surface area contributed by atoms with Crippen molar-refractivity contribution in [2.24, 2.45) is 0 Å². The van der Waals surface area contributed by atoms with Gasteiger partial charge in [-0.25, -0.2) is 9.37 Å². The number of rotatable bonds is 3. The number of ether oxygens (including phenoxy) is 1. The topological polar surface area (TPSA) is 27.1 Å². The fraction of sp³-hybridized carbons (Fsp3) is 0.0625. The van der Waals surface area contributed by atoms with Gasteiger partial charge in [-0.3, -0.25) is 0 Å². The van der Waals surface area contributed by atoms with Crippen molar-refractivity contribution < 1.29 is 9.13 Å². The molecule has 100 valence electrons. The van der Waals surface area contributed by atoms with Crippen molar-refractivity contribution in [1.29, 1.82) is 0 Å². The van der Waals surface area contributed by atoms with Crippen LogP contribution in [0.5, 0.6) is 5.75 Å². The maximum atomic E-state index is 13.8. The number of halogens is 1. The Morgan fingerprint density at radius 1 is 1.15 bits per heavy atom. The number of hydrogen-bond donors (Lipinski definition) is 0. The van der Waals surface area contributed by atoms with Crippen molar-refractivity contribution in [1.82, 2.24) is 9.55 Å². The highest BCUT2D eigenvalue weighted by Crippen LogP contribution is 2.32. The molecule has 0 aliphatic heterocycles. The minimum Gasteiger partial charge on any atom is -0.493 e. The molecule has 4 heteroatoms. The standard InChI is InChI=1S/C16H13FN2O/c1-20-16-14(6-3-7-15(16)17)12-4-2-5-13(10-12)19-9-8-18-11-19/h2-11H,1H3. The quantitative estimate of drug-likeness (QED) is 0.724. The van der Waals surface area contributed by atoms with Crippen LogP contribution in [0, 0.1) is 5.82 Å². The summed E-state index contributed by atoms with van der Waals surface area (Å²) in [4.78, 5) is 4.03. The molecule has 0 bridgehead atoms. The summed E-state index contributed by atoms with van der Waals surface area (Å²) in [5.74, 6) is -0.103. The minimum atomic E-state index is -0.363. The molecule has 0 saturated heterocycles. The van der Waals surface area contributed by atoms with Crippen LogP contribution in [0.25, 0.3) is 16.8 Å². The molecule has 0 atom stereocenters. The number of methoxy groups -OCH3 is 1. The summed E-state index contributed by atoms with van der Waals surface area (Å²) in [6.45, 7) is 0. The van der Waals surface area contributed by atoms with Crippen LogP contribution in [0.3, 0.4) is 0 Å². The predicted molar refractivity (Wildman–Crippen MR) is 75.5 cm³/mol. The summed E-state index contributed by atoms with van der Waals surface area (Å²) in [5.41, 5.74) is 2.59. The van der Waals surface area contributed by atoms with Gasteiger partial charge in [0.05, 0.1) is 13.4 Å². The summed E-state index contributed by atoms with van der Waals surface area (Å²) in [6, 6.07) is 12.7. The maximum absolute atomic E-state index is 13.8. The molecule has 3 rings (SSSR count). The van der Waals surface area contributed by atoms with E-state index in [0.717, 1.165) is 16.8 Å². The van der Waals surface area contributed by atoms with Gasteiger partial charge in [-0.1, -0.05) is 24.3 Å². The van der Waals surface area contributed by atoms with Crippen LogP contribution in [-0.2, 0) is 0 Å². The van der Waals surface area contributed by atoms with E-state index in [0.29, 0.717) is 0 Å². The Kier molecular flexibility index (Phi) is 3.21. The first-order valence-corrected chi connectivity index (χ1v) is 6.21. The van der Waals surface area contributed by atoms with Crippen LogP contribution in [0.1, 0.15) is 0 Å². The Hall–Kier alpha value is -2.62. The fourth-order valence-corrected chi connectivity index (χ4v) is 2.19. The van der Waals surface area contributed by atoms with Crippen LogP contribution < -0.4 is 4.74 Å². The minimum absolute atomic E-state index is 0.260.